The van der Waals surface area contributed by atoms with Crippen LogP contribution >= 0.6 is 0 Å². The molecule has 2 aromatic rings. The predicted octanol–water partition coefficient (Wildman–Crippen LogP) is 2.94. The van der Waals surface area contributed by atoms with Crippen molar-refractivity contribution in [2.45, 2.75) is 20.3 Å². The van der Waals surface area contributed by atoms with Crippen LogP contribution in [0.15, 0.2) is 30.5 Å². The molecule has 1 amide bonds. The summed E-state index contributed by atoms with van der Waals surface area (Å²) in [7, 11) is 0. The van der Waals surface area contributed by atoms with E-state index in [1.807, 2.05) is 30.5 Å². The van der Waals surface area contributed by atoms with Crippen LogP contribution < -0.4 is 5.32 Å². The SMILES string of the molecule is CCC(C)CNC(=O)c1ccc2[nH]ccc2c1. The van der Waals surface area contributed by atoms with E-state index in [4.69, 9.17) is 0 Å². The number of nitrogens with one attached hydrogen (secondary N) is 2. The minimum atomic E-state index is 0.00778. The molecule has 0 radical (unpaired) electrons. The van der Waals surface area contributed by atoms with Crippen molar-refractivity contribution in [1.82, 2.24) is 10.3 Å². The summed E-state index contributed by atoms with van der Waals surface area (Å²) in [6, 6.07) is 7.68. The van der Waals surface area contributed by atoms with Crippen molar-refractivity contribution >= 4 is 16.8 Å². The molecule has 0 fully saturated rings. The first-order chi connectivity index (χ1) is 8.20. The molecule has 90 valence electrons. The summed E-state index contributed by atoms with van der Waals surface area (Å²) in [6.07, 6.45) is 2.96. The van der Waals surface area contributed by atoms with Crippen molar-refractivity contribution in [3.63, 3.8) is 0 Å². The molecule has 1 unspecified atom stereocenters. The molecule has 2 rings (SSSR count). The smallest absolute Gasteiger partial charge is 0.251 e. The summed E-state index contributed by atoms with van der Waals surface area (Å²) in [5.74, 6) is 0.531. The fourth-order valence-corrected chi connectivity index (χ4v) is 1.71. The Hall–Kier alpha value is -1.77. The first-order valence-electron chi connectivity index (χ1n) is 6.06. The topological polar surface area (TPSA) is 44.9 Å². The lowest BCUT2D eigenvalue weighted by Gasteiger charge is -2.10. The van der Waals surface area contributed by atoms with Gasteiger partial charge in [-0.05, 0) is 30.2 Å². The third kappa shape index (κ3) is 2.67. The predicted molar refractivity (Wildman–Crippen MR) is 70.1 cm³/mol. The van der Waals surface area contributed by atoms with Crippen molar-refractivity contribution in [2.24, 2.45) is 5.92 Å². The highest BCUT2D eigenvalue weighted by Crippen LogP contribution is 2.14. The number of aromatic nitrogens is 1. The van der Waals surface area contributed by atoms with Crippen LogP contribution in [0.4, 0.5) is 0 Å². The first kappa shape index (κ1) is 11.7. The van der Waals surface area contributed by atoms with Crippen LogP contribution in [0.25, 0.3) is 10.9 Å². The summed E-state index contributed by atoms with van der Waals surface area (Å²) < 4.78 is 0. The van der Waals surface area contributed by atoms with E-state index in [2.05, 4.69) is 24.1 Å². The first-order valence-corrected chi connectivity index (χ1v) is 6.06. The van der Waals surface area contributed by atoms with E-state index in [-0.39, 0.29) is 5.91 Å². The molecule has 0 aliphatic rings. The molecule has 0 aliphatic heterocycles. The lowest BCUT2D eigenvalue weighted by Crippen LogP contribution is -2.27. The number of rotatable bonds is 4. The quantitative estimate of drug-likeness (QED) is 0.833. The maximum atomic E-state index is 11.9. The summed E-state index contributed by atoms with van der Waals surface area (Å²) >= 11 is 0. The molecule has 0 saturated carbocycles. The van der Waals surface area contributed by atoms with Gasteiger partial charge >= 0.3 is 0 Å². The highest BCUT2D eigenvalue weighted by Gasteiger charge is 2.07. The van der Waals surface area contributed by atoms with E-state index >= 15 is 0 Å². The summed E-state index contributed by atoms with van der Waals surface area (Å²) in [5.41, 5.74) is 1.78. The van der Waals surface area contributed by atoms with Crippen molar-refractivity contribution in [3.8, 4) is 0 Å². The van der Waals surface area contributed by atoms with Gasteiger partial charge in [0.15, 0.2) is 0 Å². The van der Waals surface area contributed by atoms with Crippen LogP contribution in [0.3, 0.4) is 0 Å². The Balaban J connectivity index is 2.08. The fourth-order valence-electron chi connectivity index (χ4n) is 1.71. The maximum absolute atomic E-state index is 11.9. The third-order valence-electron chi connectivity index (χ3n) is 3.12. The largest absolute Gasteiger partial charge is 0.361 e. The van der Waals surface area contributed by atoms with E-state index in [0.717, 1.165) is 29.4 Å². The number of hydrogen-bond donors (Lipinski definition) is 2. The van der Waals surface area contributed by atoms with Crippen molar-refractivity contribution < 1.29 is 4.79 Å². The lowest BCUT2D eigenvalue weighted by molar-refractivity contribution is 0.0948. The summed E-state index contributed by atoms with van der Waals surface area (Å²) in [6.45, 7) is 5.00. The number of aromatic amines is 1. The Kier molecular flexibility index (Phi) is 3.47. The monoisotopic (exact) mass is 230 g/mol. The van der Waals surface area contributed by atoms with E-state index in [9.17, 15) is 4.79 Å². The zero-order valence-corrected chi connectivity index (χ0v) is 10.3. The van der Waals surface area contributed by atoms with Crippen molar-refractivity contribution in [2.75, 3.05) is 6.54 Å². The zero-order chi connectivity index (χ0) is 12.3. The number of carbonyl (C=O) groups is 1. The Bertz CT molecular complexity index is 516. The van der Waals surface area contributed by atoms with E-state index < -0.39 is 0 Å². The molecular formula is C14H18N2O. The van der Waals surface area contributed by atoms with Gasteiger partial charge in [0, 0.05) is 29.2 Å². The molecule has 3 nitrogen and oxygen atoms in total. The van der Waals surface area contributed by atoms with Gasteiger partial charge in [-0.1, -0.05) is 20.3 Å². The Morgan fingerprint density at radius 1 is 1.41 bits per heavy atom. The third-order valence-corrected chi connectivity index (χ3v) is 3.12. The van der Waals surface area contributed by atoms with Crippen LogP contribution in [-0.2, 0) is 0 Å². The highest BCUT2D eigenvalue weighted by molar-refractivity contribution is 5.98. The van der Waals surface area contributed by atoms with Crippen molar-refractivity contribution in [3.05, 3.63) is 36.0 Å². The second-order valence-electron chi connectivity index (χ2n) is 4.50. The Morgan fingerprint density at radius 3 is 3.00 bits per heavy atom. The molecule has 1 heterocycles. The molecule has 1 atom stereocenters. The zero-order valence-electron chi connectivity index (χ0n) is 10.3. The minimum absolute atomic E-state index is 0.00778. The van der Waals surface area contributed by atoms with Gasteiger partial charge in [-0.2, -0.15) is 0 Å². The molecule has 1 aromatic carbocycles. The van der Waals surface area contributed by atoms with Gasteiger partial charge in [0.25, 0.3) is 5.91 Å². The van der Waals surface area contributed by atoms with Gasteiger partial charge in [-0.25, -0.2) is 0 Å². The minimum Gasteiger partial charge on any atom is -0.361 e. The lowest BCUT2D eigenvalue weighted by atomic mass is 10.1. The fraction of sp³-hybridized carbons (Fsp3) is 0.357. The molecule has 0 saturated heterocycles. The van der Waals surface area contributed by atoms with E-state index in [0.29, 0.717) is 5.92 Å². The Morgan fingerprint density at radius 2 is 2.24 bits per heavy atom. The molecule has 0 spiro atoms. The summed E-state index contributed by atoms with van der Waals surface area (Å²) in [5, 5.41) is 4.03. The number of fused-ring (bicyclic) bond motifs is 1. The van der Waals surface area contributed by atoms with Crippen LogP contribution in [0, 0.1) is 5.92 Å². The second kappa shape index (κ2) is 5.04. The van der Waals surface area contributed by atoms with Gasteiger partial charge in [0.2, 0.25) is 0 Å². The molecule has 0 aliphatic carbocycles. The number of hydrogen-bond acceptors (Lipinski definition) is 1. The standard InChI is InChI=1S/C14H18N2O/c1-3-10(2)9-16-14(17)12-4-5-13-11(8-12)6-7-15-13/h4-8,10,15H,3,9H2,1-2H3,(H,16,17). The average Bonchev–Trinajstić information content (AvgIpc) is 2.82. The van der Waals surface area contributed by atoms with Crippen LogP contribution in [0.2, 0.25) is 0 Å². The van der Waals surface area contributed by atoms with Crippen LogP contribution in [-0.4, -0.2) is 17.4 Å². The average molecular weight is 230 g/mol. The summed E-state index contributed by atoms with van der Waals surface area (Å²) in [4.78, 5) is 15.0. The highest BCUT2D eigenvalue weighted by atomic mass is 16.1. The number of benzene rings is 1. The van der Waals surface area contributed by atoms with Gasteiger partial charge in [-0.15, -0.1) is 0 Å². The van der Waals surface area contributed by atoms with Gasteiger partial charge < -0.3 is 10.3 Å². The maximum Gasteiger partial charge on any atom is 0.251 e. The molecule has 0 bridgehead atoms. The van der Waals surface area contributed by atoms with Gasteiger partial charge in [0.05, 0.1) is 0 Å². The van der Waals surface area contributed by atoms with Crippen LogP contribution in [0.1, 0.15) is 30.6 Å². The van der Waals surface area contributed by atoms with E-state index in [1.54, 1.807) is 0 Å². The molecule has 3 heteroatoms. The normalized spacial score (nSPS) is 12.6. The number of carbonyl (C=O) groups excluding carboxylic acids is 1. The van der Waals surface area contributed by atoms with E-state index in [1.165, 1.54) is 0 Å². The van der Waals surface area contributed by atoms with Gasteiger partial charge in [-0.3, -0.25) is 4.79 Å². The van der Waals surface area contributed by atoms with Crippen molar-refractivity contribution in [1.29, 1.82) is 0 Å². The number of amides is 1. The molecule has 1 aromatic heterocycles. The molecular weight excluding hydrogens is 212 g/mol. The molecule has 2 N–H and O–H groups in total. The second-order valence-corrected chi connectivity index (χ2v) is 4.50. The van der Waals surface area contributed by atoms with Gasteiger partial charge in [0.1, 0.15) is 0 Å². The van der Waals surface area contributed by atoms with Crippen LogP contribution in [0.5, 0.6) is 0 Å². The Labute approximate surface area is 101 Å². The number of H-pyrrole nitrogens is 1. The molecule has 17 heavy (non-hydrogen) atoms.